The summed E-state index contributed by atoms with van der Waals surface area (Å²) in [6, 6.07) is 7.83. The van der Waals surface area contributed by atoms with E-state index in [1.54, 1.807) is 0 Å². The number of alkyl halides is 1. The van der Waals surface area contributed by atoms with E-state index in [0.717, 1.165) is 5.69 Å². The Hall–Kier alpha value is -0.690. The first-order valence-electron chi connectivity index (χ1n) is 3.65. The SMILES string of the molecule is CC(CCl)c1ccc(N)cc1. The molecule has 2 heteroatoms. The van der Waals surface area contributed by atoms with Gasteiger partial charge in [0.2, 0.25) is 0 Å². The largest absolute Gasteiger partial charge is 0.399 e. The average molecular weight is 170 g/mol. The van der Waals surface area contributed by atoms with Gasteiger partial charge in [-0.2, -0.15) is 0 Å². The van der Waals surface area contributed by atoms with Crippen LogP contribution in [-0.2, 0) is 0 Å². The molecule has 0 fully saturated rings. The van der Waals surface area contributed by atoms with E-state index >= 15 is 0 Å². The molecule has 0 saturated heterocycles. The highest BCUT2D eigenvalue weighted by molar-refractivity contribution is 6.18. The molecule has 1 aromatic rings. The van der Waals surface area contributed by atoms with Crippen molar-refractivity contribution in [1.29, 1.82) is 0 Å². The fourth-order valence-electron chi connectivity index (χ4n) is 0.914. The van der Waals surface area contributed by atoms with Crippen LogP contribution >= 0.6 is 11.6 Å². The van der Waals surface area contributed by atoms with Gasteiger partial charge in [0.25, 0.3) is 0 Å². The van der Waals surface area contributed by atoms with E-state index in [0.29, 0.717) is 11.8 Å². The highest BCUT2D eigenvalue weighted by Gasteiger charge is 2.01. The Balaban J connectivity index is 2.81. The minimum atomic E-state index is 0.414. The van der Waals surface area contributed by atoms with Gasteiger partial charge in [-0.1, -0.05) is 19.1 Å². The molecule has 2 N–H and O–H groups in total. The molecule has 1 unspecified atom stereocenters. The molecule has 0 heterocycles. The quantitative estimate of drug-likeness (QED) is 0.535. The summed E-state index contributed by atoms with van der Waals surface area (Å²) >= 11 is 5.70. The second-order valence-corrected chi connectivity index (χ2v) is 3.03. The summed E-state index contributed by atoms with van der Waals surface area (Å²) in [7, 11) is 0. The molecule has 0 aromatic heterocycles. The van der Waals surface area contributed by atoms with Gasteiger partial charge in [-0.25, -0.2) is 0 Å². The summed E-state index contributed by atoms with van der Waals surface area (Å²) in [6.45, 7) is 2.10. The van der Waals surface area contributed by atoms with E-state index in [1.165, 1.54) is 5.56 Å². The van der Waals surface area contributed by atoms with Crippen molar-refractivity contribution in [2.75, 3.05) is 11.6 Å². The molecule has 60 valence electrons. The van der Waals surface area contributed by atoms with Crippen LogP contribution in [-0.4, -0.2) is 5.88 Å². The van der Waals surface area contributed by atoms with E-state index in [1.807, 2.05) is 24.3 Å². The Kier molecular flexibility index (Phi) is 2.77. The molecule has 1 nitrogen and oxygen atoms in total. The molecule has 0 amide bonds. The van der Waals surface area contributed by atoms with Crippen molar-refractivity contribution in [2.45, 2.75) is 12.8 Å². The van der Waals surface area contributed by atoms with Crippen LogP contribution in [0.25, 0.3) is 0 Å². The number of anilines is 1. The van der Waals surface area contributed by atoms with E-state index < -0.39 is 0 Å². The molecule has 1 aromatic carbocycles. The molecule has 1 atom stereocenters. The van der Waals surface area contributed by atoms with Crippen LogP contribution in [0.3, 0.4) is 0 Å². The van der Waals surface area contributed by atoms with Crippen molar-refractivity contribution >= 4 is 17.3 Å². The highest BCUT2D eigenvalue weighted by Crippen LogP contribution is 2.17. The molecule has 0 aliphatic heterocycles. The minimum Gasteiger partial charge on any atom is -0.399 e. The molecule has 0 saturated carbocycles. The summed E-state index contributed by atoms with van der Waals surface area (Å²) in [5.74, 6) is 1.07. The van der Waals surface area contributed by atoms with Gasteiger partial charge >= 0.3 is 0 Å². The van der Waals surface area contributed by atoms with Crippen molar-refractivity contribution in [3.63, 3.8) is 0 Å². The molecule has 0 spiro atoms. The van der Waals surface area contributed by atoms with Crippen molar-refractivity contribution in [3.8, 4) is 0 Å². The number of halogens is 1. The summed E-state index contributed by atoms with van der Waals surface area (Å²) in [5.41, 5.74) is 7.58. The summed E-state index contributed by atoms with van der Waals surface area (Å²) < 4.78 is 0. The number of rotatable bonds is 2. The Morgan fingerprint density at radius 3 is 2.36 bits per heavy atom. The Labute approximate surface area is 72.2 Å². The summed E-state index contributed by atoms with van der Waals surface area (Å²) in [5, 5.41) is 0. The second kappa shape index (κ2) is 3.63. The molecule has 0 radical (unpaired) electrons. The lowest BCUT2D eigenvalue weighted by Gasteiger charge is -2.06. The number of nitrogens with two attached hydrogens (primary N) is 1. The van der Waals surface area contributed by atoms with Crippen molar-refractivity contribution in [2.24, 2.45) is 0 Å². The van der Waals surface area contributed by atoms with Crippen LogP contribution in [0, 0.1) is 0 Å². The molecule has 0 bridgehead atoms. The molecule has 11 heavy (non-hydrogen) atoms. The fourth-order valence-corrected chi connectivity index (χ4v) is 1.09. The van der Waals surface area contributed by atoms with E-state index in [4.69, 9.17) is 17.3 Å². The number of hydrogen-bond donors (Lipinski definition) is 1. The first-order valence-corrected chi connectivity index (χ1v) is 4.19. The zero-order chi connectivity index (χ0) is 8.27. The third-order valence-corrected chi connectivity index (χ3v) is 2.20. The summed E-state index contributed by atoms with van der Waals surface area (Å²) in [6.07, 6.45) is 0. The van der Waals surface area contributed by atoms with Gasteiger partial charge in [-0.3, -0.25) is 0 Å². The topological polar surface area (TPSA) is 26.0 Å². The van der Waals surface area contributed by atoms with Crippen molar-refractivity contribution < 1.29 is 0 Å². The van der Waals surface area contributed by atoms with Gasteiger partial charge < -0.3 is 5.73 Å². The van der Waals surface area contributed by atoms with Crippen LogP contribution in [0.4, 0.5) is 5.69 Å². The van der Waals surface area contributed by atoms with Gasteiger partial charge in [0.05, 0.1) is 0 Å². The van der Waals surface area contributed by atoms with E-state index in [9.17, 15) is 0 Å². The number of hydrogen-bond acceptors (Lipinski definition) is 1. The van der Waals surface area contributed by atoms with Crippen molar-refractivity contribution in [1.82, 2.24) is 0 Å². The van der Waals surface area contributed by atoms with Crippen LogP contribution < -0.4 is 5.73 Å². The van der Waals surface area contributed by atoms with Crippen LogP contribution in [0.1, 0.15) is 18.4 Å². The molecular weight excluding hydrogens is 158 g/mol. The van der Waals surface area contributed by atoms with E-state index in [-0.39, 0.29) is 0 Å². The summed E-state index contributed by atoms with van der Waals surface area (Å²) in [4.78, 5) is 0. The predicted octanol–water partition coefficient (Wildman–Crippen LogP) is 2.61. The maximum atomic E-state index is 5.70. The lowest BCUT2D eigenvalue weighted by molar-refractivity contribution is 0.876. The molecule has 1 rings (SSSR count). The molecule has 0 aliphatic carbocycles. The molecular formula is C9H12ClN. The van der Waals surface area contributed by atoms with Crippen LogP contribution in [0.5, 0.6) is 0 Å². The van der Waals surface area contributed by atoms with Gasteiger partial charge in [-0.15, -0.1) is 11.6 Å². The van der Waals surface area contributed by atoms with Crippen LogP contribution in [0.15, 0.2) is 24.3 Å². The lowest BCUT2D eigenvalue weighted by Crippen LogP contribution is -1.94. The van der Waals surface area contributed by atoms with Gasteiger partial charge in [-0.05, 0) is 23.6 Å². The van der Waals surface area contributed by atoms with Gasteiger partial charge in [0, 0.05) is 11.6 Å². The monoisotopic (exact) mass is 169 g/mol. The van der Waals surface area contributed by atoms with Crippen molar-refractivity contribution in [3.05, 3.63) is 29.8 Å². The van der Waals surface area contributed by atoms with E-state index in [2.05, 4.69) is 6.92 Å². The smallest absolute Gasteiger partial charge is 0.0314 e. The molecule has 0 aliphatic rings. The standard InChI is InChI=1S/C9H12ClN/c1-7(6-10)8-2-4-9(11)5-3-8/h2-5,7H,6,11H2,1H3. The highest BCUT2D eigenvalue weighted by atomic mass is 35.5. The number of benzene rings is 1. The predicted molar refractivity (Wildman–Crippen MR) is 50.0 cm³/mol. The zero-order valence-corrected chi connectivity index (χ0v) is 7.31. The van der Waals surface area contributed by atoms with Gasteiger partial charge in [0.15, 0.2) is 0 Å². The maximum absolute atomic E-state index is 5.70. The normalized spacial score (nSPS) is 12.9. The minimum absolute atomic E-state index is 0.414. The average Bonchev–Trinajstić information content (AvgIpc) is 2.05. The number of nitrogen functional groups attached to an aromatic ring is 1. The Bertz CT molecular complexity index is 218. The van der Waals surface area contributed by atoms with Crippen LogP contribution in [0.2, 0.25) is 0 Å². The third-order valence-electron chi connectivity index (χ3n) is 1.74. The first-order chi connectivity index (χ1) is 5.24. The zero-order valence-electron chi connectivity index (χ0n) is 6.55. The first kappa shape index (κ1) is 8.41. The van der Waals surface area contributed by atoms with Gasteiger partial charge in [0.1, 0.15) is 0 Å². The third kappa shape index (κ3) is 2.12. The maximum Gasteiger partial charge on any atom is 0.0314 e. The fraction of sp³-hybridized carbons (Fsp3) is 0.333. The lowest BCUT2D eigenvalue weighted by atomic mass is 10.0. The second-order valence-electron chi connectivity index (χ2n) is 2.72. The Morgan fingerprint density at radius 2 is 1.91 bits per heavy atom. The Morgan fingerprint density at radius 1 is 1.36 bits per heavy atom.